The first-order chi connectivity index (χ1) is 8.68. The summed E-state index contributed by atoms with van der Waals surface area (Å²) in [4.78, 5) is 1.39. The fraction of sp³-hybridized carbons (Fsp3) is 0.333. The second-order valence-electron chi connectivity index (χ2n) is 4.71. The Hall–Kier alpha value is -0.830. The van der Waals surface area contributed by atoms with E-state index < -0.39 is 0 Å². The summed E-state index contributed by atoms with van der Waals surface area (Å²) in [6.07, 6.45) is 0. The summed E-state index contributed by atoms with van der Waals surface area (Å²) in [5.74, 6) is 0.561. The van der Waals surface area contributed by atoms with E-state index >= 15 is 0 Å². The number of thiophene rings is 1. The molecule has 0 aliphatic rings. The topological polar surface area (TPSA) is 12.0 Å². The lowest BCUT2D eigenvalue weighted by molar-refractivity contribution is 0.416. The average Bonchev–Trinajstić information content (AvgIpc) is 2.85. The lowest BCUT2D eigenvalue weighted by Gasteiger charge is -2.21. The number of rotatable bonds is 5. The highest BCUT2D eigenvalue weighted by atomic mass is 35.5. The molecule has 1 atom stereocenters. The van der Waals surface area contributed by atoms with Crippen LogP contribution in [0.5, 0.6) is 0 Å². The van der Waals surface area contributed by atoms with E-state index in [2.05, 4.69) is 42.7 Å². The molecule has 1 aromatic carbocycles. The van der Waals surface area contributed by atoms with Crippen molar-refractivity contribution in [3.63, 3.8) is 0 Å². The predicted molar refractivity (Wildman–Crippen MR) is 80.2 cm³/mol. The van der Waals surface area contributed by atoms with Crippen LogP contribution in [0, 0.1) is 5.92 Å². The van der Waals surface area contributed by atoms with Crippen LogP contribution in [0.1, 0.15) is 30.3 Å². The molecule has 1 unspecified atom stereocenters. The van der Waals surface area contributed by atoms with Crippen LogP contribution in [-0.2, 0) is 6.54 Å². The number of nitrogens with one attached hydrogen (secondary N) is 1. The van der Waals surface area contributed by atoms with E-state index in [0.717, 1.165) is 17.1 Å². The van der Waals surface area contributed by atoms with Crippen molar-refractivity contribution in [1.82, 2.24) is 5.32 Å². The maximum atomic E-state index is 6.17. The van der Waals surface area contributed by atoms with Crippen molar-refractivity contribution < 1.29 is 0 Å². The van der Waals surface area contributed by atoms with Gasteiger partial charge in [-0.1, -0.05) is 49.7 Å². The predicted octanol–water partition coefficient (Wildman–Crippen LogP) is 4.89. The minimum Gasteiger partial charge on any atom is -0.305 e. The third kappa shape index (κ3) is 3.35. The molecule has 0 spiro atoms. The standard InChI is InChI=1S/C15H18ClNS/c1-11(2)15(14-8-5-9-18-14)17-10-12-6-3-4-7-13(12)16/h3-9,11,15,17H,10H2,1-2H3. The van der Waals surface area contributed by atoms with Gasteiger partial charge in [0.05, 0.1) is 0 Å². The van der Waals surface area contributed by atoms with Crippen molar-refractivity contribution in [2.75, 3.05) is 0 Å². The first-order valence-electron chi connectivity index (χ1n) is 6.18. The Morgan fingerprint density at radius 1 is 1.17 bits per heavy atom. The summed E-state index contributed by atoms with van der Waals surface area (Å²) < 4.78 is 0. The molecule has 2 aromatic rings. The highest BCUT2D eigenvalue weighted by Gasteiger charge is 2.16. The molecule has 1 N–H and O–H groups in total. The normalized spacial score (nSPS) is 12.9. The number of hydrogen-bond acceptors (Lipinski definition) is 2. The van der Waals surface area contributed by atoms with Gasteiger partial charge in [0.15, 0.2) is 0 Å². The van der Waals surface area contributed by atoms with Crippen LogP contribution in [0.2, 0.25) is 5.02 Å². The van der Waals surface area contributed by atoms with Gasteiger partial charge in [-0.3, -0.25) is 0 Å². The van der Waals surface area contributed by atoms with E-state index in [1.54, 1.807) is 11.3 Å². The van der Waals surface area contributed by atoms with Gasteiger partial charge in [-0.05, 0) is 29.0 Å². The minimum atomic E-state index is 0.390. The second-order valence-corrected chi connectivity index (χ2v) is 6.10. The van der Waals surface area contributed by atoms with Crippen LogP contribution in [0.15, 0.2) is 41.8 Å². The summed E-state index contributed by atoms with van der Waals surface area (Å²) in [6, 6.07) is 12.7. The fourth-order valence-corrected chi connectivity index (χ4v) is 3.17. The molecule has 0 saturated heterocycles. The van der Waals surface area contributed by atoms with E-state index in [1.165, 1.54) is 4.88 Å². The molecule has 1 nitrogen and oxygen atoms in total. The first kappa shape index (κ1) is 13.6. The molecular formula is C15H18ClNS. The summed E-state index contributed by atoms with van der Waals surface area (Å²) in [6.45, 7) is 5.29. The SMILES string of the molecule is CC(C)C(NCc1ccccc1Cl)c1cccs1. The number of hydrogen-bond donors (Lipinski definition) is 1. The summed E-state index contributed by atoms with van der Waals surface area (Å²) in [5, 5.41) is 6.56. The molecule has 0 fully saturated rings. The molecule has 0 saturated carbocycles. The monoisotopic (exact) mass is 279 g/mol. The Labute approximate surface area is 118 Å². The zero-order valence-corrected chi connectivity index (χ0v) is 12.3. The molecule has 3 heteroatoms. The van der Waals surface area contributed by atoms with Gasteiger partial charge in [0.25, 0.3) is 0 Å². The minimum absolute atomic E-state index is 0.390. The van der Waals surface area contributed by atoms with Gasteiger partial charge in [0.2, 0.25) is 0 Å². The van der Waals surface area contributed by atoms with E-state index in [1.807, 2.05) is 18.2 Å². The fourth-order valence-electron chi connectivity index (χ4n) is 1.99. The van der Waals surface area contributed by atoms with Gasteiger partial charge in [0.1, 0.15) is 0 Å². The number of halogens is 1. The van der Waals surface area contributed by atoms with Crippen molar-refractivity contribution in [1.29, 1.82) is 0 Å². The molecule has 18 heavy (non-hydrogen) atoms. The lowest BCUT2D eigenvalue weighted by atomic mass is 10.0. The first-order valence-corrected chi connectivity index (χ1v) is 7.44. The zero-order chi connectivity index (χ0) is 13.0. The molecule has 96 valence electrons. The van der Waals surface area contributed by atoms with Gasteiger partial charge < -0.3 is 5.32 Å². The van der Waals surface area contributed by atoms with E-state index in [0.29, 0.717) is 12.0 Å². The molecule has 1 heterocycles. The molecule has 0 bridgehead atoms. The smallest absolute Gasteiger partial charge is 0.0450 e. The second kappa shape index (κ2) is 6.37. The van der Waals surface area contributed by atoms with E-state index in [-0.39, 0.29) is 0 Å². The quantitative estimate of drug-likeness (QED) is 0.822. The van der Waals surface area contributed by atoms with Crippen LogP contribution >= 0.6 is 22.9 Å². The third-order valence-corrected chi connectivity index (χ3v) is 4.31. The van der Waals surface area contributed by atoms with Crippen molar-refractivity contribution in [3.8, 4) is 0 Å². The third-order valence-electron chi connectivity index (χ3n) is 2.99. The van der Waals surface area contributed by atoms with Gasteiger partial charge in [0, 0.05) is 22.5 Å². The Morgan fingerprint density at radius 3 is 2.56 bits per heavy atom. The van der Waals surface area contributed by atoms with Gasteiger partial charge >= 0.3 is 0 Å². The van der Waals surface area contributed by atoms with Crippen LogP contribution in [-0.4, -0.2) is 0 Å². The van der Waals surface area contributed by atoms with Crippen molar-refractivity contribution in [2.24, 2.45) is 5.92 Å². The largest absolute Gasteiger partial charge is 0.305 e. The molecule has 2 rings (SSSR count). The highest BCUT2D eigenvalue weighted by molar-refractivity contribution is 7.10. The van der Waals surface area contributed by atoms with Gasteiger partial charge in [-0.25, -0.2) is 0 Å². The molecule has 0 aliphatic heterocycles. The molecule has 0 aliphatic carbocycles. The Morgan fingerprint density at radius 2 is 1.94 bits per heavy atom. The highest BCUT2D eigenvalue weighted by Crippen LogP contribution is 2.26. The summed E-state index contributed by atoms with van der Waals surface area (Å²) in [5.41, 5.74) is 1.15. The Balaban J connectivity index is 2.05. The maximum Gasteiger partial charge on any atom is 0.0450 e. The Bertz CT molecular complexity index is 479. The maximum absolute atomic E-state index is 6.17. The van der Waals surface area contributed by atoms with Crippen LogP contribution in [0.25, 0.3) is 0 Å². The summed E-state index contributed by atoms with van der Waals surface area (Å²) in [7, 11) is 0. The molecule has 1 aromatic heterocycles. The van der Waals surface area contributed by atoms with Crippen LogP contribution < -0.4 is 5.32 Å². The molecular weight excluding hydrogens is 262 g/mol. The van der Waals surface area contributed by atoms with Crippen molar-refractivity contribution in [3.05, 3.63) is 57.2 Å². The Kier molecular flexibility index (Phi) is 4.81. The van der Waals surface area contributed by atoms with Crippen molar-refractivity contribution >= 4 is 22.9 Å². The van der Waals surface area contributed by atoms with Crippen molar-refractivity contribution in [2.45, 2.75) is 26.4 Å². The average molecular weight is 280 g/mol. The van der Waals surface area contributed by atoms with E-state index in [9.17, 15) is 0 Å². The van der Waals surface area contributed by atoms with Gasteiger partial charge in [-0.15, -0.1) is 11.3 Å². The van der Waals surface area contributed by atoms with Gasteiger partial charge in [-0.2, -0.15) is 0 Å². The van der Waals surface area contributed by atoms with Crippen LogP contribution in [0.3, 0.4) is 0 Å². The lowest BCUT2D eigenvalue weighted by Crippen LogP contribution is -2.24. The summed E-state index contributed by atoms with van der Waals surface area (Å²) >= 11 is 7.98. The van der Waals surface area contributed by atoms with Crippen LogP contribution in [0.4, 0.5) is 0 Å². The molecule has 0 amide bonds. The van der Waals surface area contributed by atoms with E-state index in [4.69, 9.17) is 11.6 Å². The molecule has 0 radical (unpaired) electrons. The zero-order valence-electron chi connectivity index (χ0n) is 10.7. The number of benzene rings is 1.